The molecule has 0 fully saturated rings. The smallest absolute Gasteiger partial charge is 0.129 e. The Balaban J connectivity index is 1.99. The van der Waals surface area contributed by atoms with E-state index in [2.05, 4.69) is 24.4 Å². The van der Waals surface area contributed by atoms with Crippen molar-refractivity contribution in [3.8, 4) is 0 Å². The molecule has 112 valence electrons. The van der Waals surface area contributed by atoms with Crippen LogP contribution in [0.25, 0.3) is 0 Å². The summed E-state index contributed by atoms with van der Waals surface area (Å²) in [4.78, 5) is 1.23. The Kier molecular flexibility index (Phi) is 5.76. The molecule has 0 heterocycles. The van der Waals surface area contributed by atoms with E-state index in [9.17, 15) is 8.78 Å². The van der Waals surface area contributed by atoms with Gasteiger partial charge in [-0.3, -0.25) is 0 Å². The molecule has 0 spiro atoms. The molecule has 0 amide bonds. The number of nitrogens with one attached hydrogen (secondary N) is 1. The van der Waals surface area contributed by atoms with Crippen molar-refractivity contribution in [2.75, 3.05) is 12.8 Å². The number of rotatable bonds is 6. The van der Waals surface area contributed by atoms with Gasteiger partial charge in [0.15, 0.2) is 0 Å². The van der Waals surface area contributed by atoms with Gasteiger partial charge in [0.05, 0.1) is 0 Å². The van der Waals surface area contributed by atoms with Gasteiger partial charge in [0, 0.05) is 22.8 Å². The number of thioether (sulfide) groups is 1. The zero-order chi connectivity index (χ0) is 15.2. The summed E-state index contributed by atoms with van der Waals surface area (Å²) < 4.78 is 26.6. The Morgan fingerprint density at radius 1 is 1.14 bits per heavy atom. The van der Waals surface area contributed by atoms with Crippen molar-refractivity contribution in [1.82, 2.24) is 5.32 Å². The summed E-state index contributed by atoms with van der Waals surface area (Å²) >= 11 is 1.75. The molecule has 0 aliphatic carbocycles. The van der Waals surface area contributed by atoms with Crippen LogP contribution in [0.15, 0.2) is 47.4 Å². The third-order valence-corrected chi connectivity index (χ3v) is 4.76. The highest BCUT2D eigenvalue weighted by Crippen LogP contribution is 2.23. The van der Waals surface area contributed by atoms with Gasteiger partial charge < -0.3 is 5.32 Å². The number of hydrogen-bond acceptors (Lipinski definition) is 2. The van der Waals surface area contributed by atoms with Gasteiger partial charge in [-0.15, -0.1) is 11.8 Å². The quantitative estimate of drug-likeness (QED) is 0.803. The second kappa shape index (κ2) is 7.57. The Hall–Kier alpha value is -1.39. The number of hydrogen-bond donors (Lipinski definition) is 1. The van der Waals surface area contributed by atoms with Crippen LogP contribution >= 0.6 is 11.8 Å². The normalized spacial score (nSPS) is 12.4. The number of halogens is 2. The lowest BCUT2D eigenvalue weighted by atomic mass is 10.1. The van der Waals surface area contributed by atoms with E-state index in [0.29, 0.717) is 12.0 Å². The minimum absolute atomic E-state index is 0.134. The van der Waals surface area contributed by atoms with E-state index in [1.54, 1.807) is 11.8 Å². The van der Waals surface area contributed by atoms with Crippen LogP contribution in [0, 0.1) is 18.6 Å². The summed E-state index contributed by atoms with van der Waals surface area (Å²) in [7, 11) is 1.87. The summed E-state index contributed by atoms with van der Waals surface area (Å²) in [6.07, 6.45) is 0.543. The van der Waals surface area contributed by atoms with Crippen LogP contribution in [-0.4, -0.2) is 18.8 Å². The van der Waals surface area contributed by atoms with Gasteiger partial charge in [0.2, 0.25) is 0 Å². The van der Waals surface area contributed by atoms with Crippen LogP contribution in [0.3, 0.4) is 0 Å². The molecule has 0 aliphatic heterocycles. The van der Waals surface area contributed by atoms with E-state index in [0.717, 1.165) is 11.8 Å². The summed E-state index contributed by atoms with van der Waals surface area (Å²) in [5, 5.41) is 3.20. The summed E-state index contributed by atoms with van der Waals surface area (Å²) in [5.74, 6) is -0.180. The maximum absolute atomic E-state index is 13.7. The SMILES string of the molecule is CNC(CSc1ccccc1C)Cc1ccc(F)cc1F. The van der Waals surface area contributed by atoms with Crippen molar-refractivity contribution in [2.45, 2.75) is 24.3 Å². The van der Waals surface area contributed by atoms with Crippen LogP contribution in [0.5, 0.6) is 0 Å². The average molecular weight is 307 g/mol. The highest BCUT2D eigenvalue weighted by Gasteiger charge is 2.12. The second-order valence-electron chi connectivity index (χ2n) is 5.00. The van der Waals surface area contributed by atoms with E-state index in [-0.39, 0.29) is 6.04 Å². The molecule has 0 bridgehead atoms. The van der Waals surface area contributed by atoms with Crippen molar-refractivity contribution < 1.29 is 8.78 Å². The number of benzene rings is 2. The highest BCUT2D eigenvalue weighted by atomic mass is 32.2. The van der Waals surface area contributed by atoms with Crippen molar-refractivity contribution in [2.24, 2.45) is 0 Å². The Labute approximate surface area is 128 Å². The molecule has 0 radical (unpaired) electrons. The van der Waals surface area contributed by atoms with Crippen LogP contribution in [-0.2, 0) is 6.42 Å². The van der Waals surface area contributed by atoms with E-state index >= 15 is 0 Å². The fraction of sp³-hybridized carbons (Fsp3) is 0.294. The lowest BCUT2D eigenvalue weighted by Gasteiger charge is -2.17. The summed E-state index contributed by atoms with van der Waals surface area (Å²) in [5.41, 5.74) is 1.78. The number of likely N-dealkylation sites (N-methyl/N-ethyl adjacent to an activating group) is 1. The van der Waals surface area contributed by atoms with Crippen molar-refractivity contribution >= 4 is 11.8 Å². The molecule has 2 aromatic rings. The first-order valence-corrected chi connectivity index (χ1v) is 7.88. The molecular weight excluding hydrogens is 288 g/mol. The predicted octanol–water partition coefficient (Wildman–Crippen LogP) is 4.20. The van der Waals surface area contributed by atoms with E-state index in [4.69, 9.17) is 0 Å². The minimum atomic E-state index is -0.536. The second-order valence-corrected chi connectivity index (χ2v) is 6.06. The van der Waals surface area contributed by atoms with Crippen LogP contribution in [0.2, 0.25) is 0 Å². The van der Waals surface area contributed by atoms with Gasteiger partial charge >= 0.3 is 0 Å². The standard InChI is InChI=1S/C17H19F2NS/c1-12-5-3-4-6-17(12)21-11-15(20-2)9-13-7-8-14(18)10-16(13)19/h3-8,10,15,20H,9,11H2,1-2H3. The molecule has 0 aliphatic rings. The molecular formula is C17H19F2NS. The molecule has 0 saturated carbocycles. The zero-order valence-corrected chi connectivity index (χ0v) is 13.0. The first-order chi connectivity index (χ1) is 10.1. The van der Waals surface area contributed by atoms with Gasteiger partial charge in [-0.25, -0.2) is 8.78 Å². The van der Waals surface area contributed by atoms with Gasteiger partial charge in [-0.1, -0.05) is 24.3 Å². The third-order valence-electron chi connectivity index (χ3n) is 3.42. The van der Waals surface area contributed by atoms with Crippen LogP contribution in [0.1, 0.15) is 11.1 Å². The van der Waals surface area contributed by atoms with Crippen molar-refractivity contribution in [3.05, 3.63) is 65.2 Å². The van der Waals surface area contributed by atoms with Gasteiger partial charge in [-0.2, -0.15) is 0 Å². The topological polar surface area (TPSA) is 12.0 Å². The largest absolute Gasteiger partial charge is 0.316 e. The molecule has 2 aromatic carbocycles. The molecule has 1 atom stereocenters. The fourth-order valence-corrected chi connectivity index (χ4v) is 3.24. The van der Waals surface area contributed by atoms with E-state index in [1.165, 1.54) is 22.6 Å². The molecule has 4 heteroatoms. The van der Waals surface area contributed by atoms with Gasteiger partial charge in [-0.05, 0) is 43.7 Å². The maximum atomic E-state index is 13.7. The summed E-state index contributed by atoms with van der Waals surface area (Å²) in [6, 6.07) is 12.1. The van der Waals surface area contributed by atoms with Gasteiger partial charge in [0.1, 0.15) is 11.6 Å². The molecule has 1 nitrogen and oxygen atoms in total. The summed E-state index contributed by atoms with van der Waals surface area (Å²) in [6.45, 7) is 2.08. The van der Waals surface area contributed by atoms with E-state index in [1.807, 2.05) is 19.2 Å². The van der Waals surface area contributed by atoms with Crippen molar-refractivity contribution in [3.63, 3.8) is 0 Å². The van der Waals surface area contributed by atoms with E-state index < -0.39 is 11.6 Å². The first-order valence-electron chi connectivity index (χ1n) is 6.89. The lowest BCUT2D eigenvalue weighted by molar-refractivity contribution is 0.550. The predicted molar refractivity (Wildman–Crippen MR) is 84.8 cm³/mol. The van der Waals surface area contributed by atoms with Crippen LogP contribution in [0.4, 0.5) is 8.78 Å². The Morgan fingerprint density at radius 2 is 1.90 bits per heavy atom. The zero-order valence-electron chi connectivity index (χ0n) is 12.2. The lowest BCUT2D eigenvalue weighted by Crippen LogP contribution is -2.30. The minimum Gasteiger partial charge on any atom is -0.316 e. The van der Waals surface area contributed by atoms with Crippen LogP contribution < -0.4 is 5.32 Å². The average Bonchev–Trinajstić information content (AvgIpc) is 2.47. The molecule has 0 saturated heterocycles. The molecule has 1 unspecified atom stereocenters. The Morgan fingerprint density at radius 3 is 2.57 bits per heavy atom. The highest BCUT2D eigenvalue weighted by molar-refractivity contribution is 7.99. The molecule has 21 heavy (non-hydrogen) atoms. The van der Waals surface area contributed by atoms with Gasteiger partial charge in [0.25, 0.3) is 0 Å². The first kappa shape index (κ1) is 16.0. The third kappa shape index (κ3) is 4.55. The fourth-order valence-electron chi connectivity index (χ4n) is 2.11. The van der Waals surface area contributed by atoms with Crippen molar-refractivity contribution in [1.29, 1.82) is 0 Å². The Bertz CT molecular complexity index is 601. The molecule has 2 rings (SSSR count). The molecule has 0 aromatic heterocycles. The monoisotopic (exact) mass is 307 g/mol. The number of aryl methyl sites for hydroxylation is 1. The molecule has 1 N–H and O–H groups in total. The maximum Gasteiger partial charge on any atom is 0.129 e.